The van der Waals surface area contributed by atoms with Gasteiger partial charge in [-0.1, -0.05) is 29.8 Å². The first-order chi connectivity index (χ1) is 18.1. The normalized spacial score (nSPS) is 16.1. The molecule has 0 fully saturated rings. The highest BCUT2D eigenvalue weighted by Crippen LogP contribution is 2.42. The molecule has 0 saturated heterocycles. The molecule has 0 radical (unpaired) electrons. The molecule has 2 rings (SSSR count). The van der Waals surface area contributed by atoms with Crippen LogP contribution in [0.2, 0.25) is 5.02 Å². The van der Waals surface area contributed by atoms with Gasteiger partial charge >= 0.3 is 23.9 Å². The number of aliphatic carboxylic acids is 2. The summed E-state index contributed by atoms with van der Waals surface area (Å²) in [6, 6.07) is 5.29. The number of carbonyl (C=O) groups is 4. The summed E-state index contributed by atoms with van der Waals surface area (Å²) in [5.74, 6) is -5.42. The second-order valence-electron chi connectivity index (χ2n) is 7.82. The van der Waals surface area contributed by atoms with E-state index in [0.29, 0.717) is 11.3 Å². The molecule has 38 heavy (non-hydrogen) atoms. The van der Waals surface area contributed by atoms with Crippen LogP contribution in [0.4, 0.5) is 0 Å². The summed E-state index contributed by atoms with van der Waals surface area (Å²) in [4.78, 5) is 67.2. The zero-order valence-electron chi connectivity index (χ0n) is 20.9. The average Bonchev–Trinajstić information content (AvgIpc) is 2.86. The van der Waals surface area contributed by atoms with E-state index in [0.717, 1.165) is 7.11 Å². The number of halogens is 1. The number of carboxylic acid groups (broad SMARTS) is 2. The van der Waals surface area contributed by atoms with Gasteiger partial charge in [0.05, 0.1) is 56.1 Å². The van der Waals surface area contributed by atoms with Gasteiger partial charge in [0.2, 0.25) is 0 Å². The van der Waals surface area contributed by atoms with Crippen molar-refractivity contribution in [1.82, 2.24) is 10.6 Å². The Bertz CT molecular complexity index is 1100. The zero-order valence-corrected chi connectivity index (χ0v) is 21.7. The van der Waals surface area contributed by atoms with Crippen LogP contribution < -0.4 is 10.6 Å². The largest absolute Gasteiger partial charge is 0.481 e. The quantitative estimate of drug-likeness (QED) is 0.139. The van der Waals surface area contributed by atoms with Crippen LogP contribution in [0.5, 0.6) is 0 Å². The first-order valence-electron chi connectivity index (χ1n) is 11.4. The van der Waals surface area contributed by atoms with Crippen LogP contribution in [0.15, 0.2) is 46.8 Å². The molecule has 208 valence electrons. The van der Waals surface area contributed by atoms with E-state index in [4.69, 9.17) is 41.2 Å². The smallest absolute Gasteiger partial charge is 0.371 e. The number of ether oxygens (including phenoxy) is 1. The summed E-state index contributed by atoms with van der Waals surface area (Å²) in [5.41, 5.74) is 0.952. The standard InChI is InChI=1S/C24H29ClN2O11/c1-4-36-38-24(33)21-17(12-35-10-9-26-16(22(30)31)11-18(28)29)27-13(2)19(23(32)37-34-3)20(21)14-7-5-6-8-15(14)25/h5-8,16,20,26-27H,4,9-12H2,1-3H3,(H,28,29)(H,30,31)/t16-,20?/m0/s1. The van der Waals surface area contributed by atoms with Gasteiger partial charge < -0.3 is 25.6 Å². The molecule has 1 aliphatic heterocycles. The van der Waals surface area contributed by atoms with Gasteiger partial charge in [-0.15, -0.1) is 0 Å². The second kappa shape index (κ2) is 15.1. The molecule has 0 bridgehead atoms. The van der Waals surface area contributed by atoms with E-state index in [1.54, 1.807) is 38.1 Å². The van der Waals surface area contributed by atoms with Crippen molar-refractivity contribution in [2.24, 2.45) is 0 Å². The molecular formula is C24H29ClN2O11. The lowest BCUT2D eigenvalue weighted by molar-refractivity contribution is -0.265. The second-order valence-corrected chi connectivity index (χ2v) is 8.23. The Morgan fingerprint density at radius 1 is 1.11 bits per heavy atom. The number of carboxylic acids is 2. The van der Waals surface area contributed by atoms with Crippen molar-refractivity contribution in [1.29, 1.82) is 0 Å². The first-order valence-corrected chi connectivity index (χ1v) is 11.8. The summed E-state index contributed by atoms with van der Waals surface area (Å²) in [6.45, 7) is 3.04. The minimum atomic E-state index is -1.32. The molecule has 13 nitrogen and oxygen atoms in total. The van der Waals surface area contributed by atoms with Gasteiger partial charge in [-0.05, 0) is 25.5 Å². The Labute approximate surface area is 223 Å². The van der Waals surface area contributed by atoms with Crippen molar-refractivity contribution >= 4 is 35.5 Å². The average molecular weight is 557 g/mol. The maximum Gasteiger partial charge on any atom is 0.371 e. The predicted molar refractivity (Wildman–Crippen MR) is 130 cm³/mol. The molecule has 1 aromatic rings. The van der Waals surface area contributed by atoms with E-state index in [-0.39, 0.29) is 48.2 Å². The van der Waals surface area contributed by atoms with Crippen molar-refractivity contribution in [2.75, 3.05) is 33.5 Å². The number of hydrogen-bond acceptors (Lipinski definition) is 11. The topological polar surface area (TPSA) is 179 Å². The van der Waals surface area contributed by atoms with Gasteiger partial charge in [0, 0.05) is 17.3 Å². The maximum absolute atomic E-state index is 13.2. The summed E-state index contributed by atoms with van der Waals surface area (Å²) in [5, 5.41) is 23.8. The van der Waals surface area contributed by atoms with E-state index in [1.807, 2.05) is 0 Å². The van der Waals surface area contributed by atoms with Gasteiger partial charge in [-0.25, -0.2) is 9.59 Å². The van der Waals surface area contributed by atoms with Crippen LogP contribution in [0.25, 0.3) is 0 Å². The van der Waals surface area contributed by atoms with Gasteiger partial charge in [0.1, 0.15) is 6.04 Å². The third-order valence-corrected chi connectivity index (χ3v) is 5.62. The molecule has 14 heteroatoms. The zero-order chi connectivity index (χ0) is 28.2. The molecule has 0 saturated carbocycles. The highest BCUT2D eigenvalue weighted by molar-refractivity contribution is 6.31. The summed E-state index contributed by atoms with van der Waals surface area (Å²) in [6.07, 6.45) is -0.612. The lowest BCUT2D eigenvalue weighted by atomic mass is 9.80. The van der Waals surface area contributed by atoms with Crippen molar-refractivity contribution in [3.05, 3.63) is 57.4 Å². The van der Waals surface area contributed by atoms with Crippen LogP contribution >= 0.6 is 11.6 Å². The predicted octanol–water partition coefficient (Wildman–Crippen LogP) is 1.69. The Morgan fingerprint density at radius 2 is 1.79 bits per heavy atom. The number of rotatable bonds is 15. The van der Waals surface area contributed by atoms with Crippen molar-refractivity contribution in [3.8, 4) is 0 Å². The van der Waals surface area contributed by atoms with Crippen LogP contribution in [0.1, 0.15) is 31.7 Å². The fraction of sp³-hybridized carbons (Fsp3) is 0.417. The van der Waals surface area contributed by atoms with Crippen LogP contribution in [-0.4, -0.2) is 73.6 Å². The number of hydrogen-bond donors (Lipinski definition) is 4. The summed E-state index contributed by atoms with van der Waals surface area (Å²) < 4.78 is 5.63. The van der Waals surface area contributed by atoms with E-state index < -0.39 is 42.3 Å². The highest BCUT2D eigenvalue weighted by atomic mass is 35.5. The number of allylic oxidation sites excluding steroid dienone is 1. The lowest BCUT2D eigenvalue weighted by Gasteiger charge is -2.31. The Balaban J connectivity index is 2.39. The number of dihydropyridines is 1. The van der Waals surface area contributed by atoms with E-state index in [1.165, 1.54) is 0 Å². The fourth-order valence-corrected chi connectivity index (χ4v) is 3.97. The minimum absolute atomic E-state index is 0.00440. The van der Waals surface area contributed by atoms with Crippen molar-refractivity contribution < 1.29 is 53.7 Å². The SMILES string of the molecule is CCOOC(=O)C1=C(COCCN[C@@H](CC(=O)O)C(=O)O)NC(C)=C(C(=O)OOC)C1c1ccccc1Cl. The van der Waals surface area contributed by atoms with Gasteiger partial charge in [0.25, 0.3) is 0 Å². The maximum atomic E-state index is 13.2. The Hall–Kier alpha value is -3.49. The number of benzene rings is 1. The molecule has 1 aliphatic rings. The fourth-order valence-electron chi connectivity index (χ4n) is 3.72. The van der Waals surface area contributed by atoms with Crippen molar-refractivity contribution in [2.45, 2.75) is 32.2 Å². The van der Waals surface area contributed by atoms with Crippen LogP contribution in [0, 0.1) is 0 Å². The monoisotopic (exact) mass is 556 g/mol. The number of carbonyl (C=O) groups excluding carboxylic acids is 2. The lowest BCUT2D eigenvalue weighted by Crippen LogP contribution is -2.40. The Morgan fingerprint density at radius 3 is 2.39 bits per heavy atom. The van der Waals surface area contributed by atoms with Crippen LogP contribution in [-0.2, 0) is 43.5 Å². The first kappa shape index (κ1) is 30.7. The highest BCUT2D eigenvalue weighted by Gasteiger charge is 2.40. The van der Waals surface area contributed by atoms with Gasteiger partial charge in [-0.2, -0.15) is 9.78 Å². The van der Waals surface area contributed by atoms with E-state index >= 15 is 0 Å². The Kier molecular flexibility index (Phi) is 12.2. The third-order valence-electron chi connectivity index (χ3n) is 5.27. The summed E-state index contributed by atoms with van der Waals surface area (Å²) >= 11 is 6.45. The van der Waals surface area contributed by atoms with Gasteiger partial charge in [-0.3, -0.25) is 19.4 Å². The molecule has 4 N–H and O–H groups in total. The van der Waals surface area contributed by atoms with E-state index in [9.17, 15) is 19.2 Å². The molecule has 1 heterocycles. The van der Waals surface area contributed by atoms with Crippen LogP contribution in [0.3, 0.4) is 0 Å². The molecular weight excluding hydrogens is 528 g/mol. The van der Waals surface area contributed by atoms with Gasteiger partial charge in [0.15, 0.2) is 0 Å². The molecule has 1 aromatic carbocycles. The van der Waals surface area contributed by atoms with E-state index in [2.05, 4.69) is 15.5 Å². The molecule has 0 amide bonds. The molecule has 2 atom stereocenters. The minimum Gasteiger partial charge on any atom is -0.481 e. The number of nitrogens with one attached hydrogen (secondary N) is 2. The molecule has 0 spiro atoms. The molecule has 0 aliphatic carbocycles. The molecule has 0 aromatic heterocycles. The molecule has 1 unspecified atom stereocenters. The third kappa shape index (κ3) is 8.26. The van der Waals surface area contributed by atoms with Crippen molar-refractivity contribution in [3.63, 3.8) is 0 Å². The summed E-state index contributed by atoms with van der Waals surface area (Å²) in [7, 11) is 1.16.